The monoisotopic (exact) mass is 320 g/mol. The number of amides is 2. The largest absolute Gasteiger partial charge is 0.396 e. The third-order valence-corrected chi connectivity index (χ3v) is 4.91. The first-order valence-electron chi connectivity index (χ1n) is 8.45. The van der Waals surface area contributed by atoms with Gasteiger partial charge in [0.05, 0.1) is 17.5 Å². The lowest BCUT2D eigenvalue weighted by Gasteiger charge is -2.35. The maximum Gasteiger partial charge on any atom is 0.258 e. The van der Waals surface area contributed by atoms with Gasteiger partial charge in [-0.05, 0) is 19.3 Å². The smallest absolute Gasteiger partial charge is 0.258 e. The molecule has 2 fully saturated rings. The zero-order valence-electron chi connectivity index (χ0n) is 13.3. The molecule has 1 saturated carbocycles. The van der Waals surface area contributed by atoms with E-state index in [-0.39, 0.29) is 24.8 Å². The number of aromatic amines is 1. The molecule has 3 N–H and O–H groups in total. The predicted octanol–water partition coefficient (Wildman–Crippen LogP) is 0.780. The van der Waals surface area contributed by atoms with Crippen molar-refractivity contribution in [3.8, 4) is 0 Å². The Balaban J connectivity index is 1.82. The third kappa shape index (κ3) is 3.24. The number of nitrogens with zero attached hydrogens (tertiary/aromatic N) is 2. The zero-order valence-corrected chi connectivity index (χ0v) is 13.3. The van der Waals surface area contributed by atoms with Crippen molar-refractivity contribution in [2.24, 2.45) is 0 Å². The Hall–Kier alpha value is -1.89. The van der Waals surface area contributed by atoms with E-state index in [1.807, 2.05) is 0 Å². The normalized spacial score (nSPS) is 22.9. The number of rotatable bonds is 4. The Labute approximate surface area is 135 Å². The van der Waals surface area contributed by atoms with E-state index in [9.17, 15) is 14.7 Å². The number of piperazine rings is 1. The van der Waals surface area contributed by atoms with E-state index >= 15 is 0 Å². The lowest BCUT2D eigenvalue weighted by atomic mass is 9.85. The molecule has 126 valence electrons. The molecule has 1 aromatic heterocycles. The van der Waals surface area contributed by atoms with Crippen LogP contribution < -0.4 is 5.32 Å². The Morgan fingerprint density at radius 2 is 2.13 bits per heavy atom. The number of aromatic nitrogens is 2. The number of aliphatic hydroxyl groups excluding tert-OH is 1. The topological polar surface area (TPSA) is 98.3 Å². The van der Waals surface area contributed by atoms with Crippen LogP contribution >= 0.6 is 0 Å². The highest BCUT2D eigenvalue weighted by atomic mass is 16.3. The first-order chi connectivity index (χ1) is 11.2. The molecule has 1 saturated heterocycles. The number of hydrogen-bond donors (Lipinski definition) is 3. The summed E-state index contributed by atoms with van der Waals surface area (Å²) in [4.78, 5) is 26.6. The number of carbonyl (C=O) groups is 2. The second kappa shape index (κ2) is 7.12. The molecule has 0 spiro atoms. The molecular formula is C16H24N4O3. The Morgan fingerprint density at radius 3 is 2.87 bits per heavy atom. The van der Waals surface area contributed by atoms with Crippen molar-refractivity contribution in [2.75, 3.05) is 19.7 Å². The second-order valence-electron chi connectivity index (χ2n) is 6.35. The van der Waals surface area contributed by atoms with Crippen molar-refractivity contribution >= 4 is 11.8 Å². The summed E-state index contributed by atoms with van der Waals surface area (Å²) in [7, 11) is 0. The summed E-state index contributed by atoms with van der Waals surface area (Å²) in [5.74, 6) is -0.00547. The van der Waals surface area contributed by atoms with Crippen LogP contribution in [0.4, 0.5) is 0 Å². The van der Waals surface area contributed by atoms with E-state index in [4.69, 9.17) is 0 Å². The molecule has 0 bridgehead atoms. The van der Waals surface area contributed by atoms with Crippen LogP contribution in [-0.2, 0) is 4.79 Å². The molecule has 23 heavy (non-hydrogen) atoms. The highest BCUT2D eigenvalue weighted by molar-refractivity contribution is 5.99. The molecule has 7 nitrogen and oxygen atoms in total. The van der Waals surface area contributed by atoms with Crippen LogP contribution in [0.25, 0.3) is 0 Å². The van der Waals surface area contributed by atoms with Crippen molar-refractivity contribution in [1.82, 2.24) is 20.4 Å². The van der Waals surface area contributed by atoms with Crippen LogP contribution in [0.2, 0.25) is 0 Å². The molecule has 1 atom stereocenters. The summed E-state index contributed by atoms with van der Waals surface area (Å²) in [5.41, 5.74) is 1.48. The van der Waals surface area contributed by atoms with Gasteiger partial charge in [0.15, 0.2) is 0 Å². The van der Waals surface area contributed by atoms with Gasteiger partial charge in [-0.1, -0.05) is 19.3 Å². The van der Waals surface area contributed by atoms with Gasteiger partial charge in [-0.15, -0.1) is 0 Å². The lowest BCUT2D eigenvalue weighted by Crippen LogP contribution is -2.57. The quantitative estimate of drug-likeness (QED) is 0.763. The van der Waals surface area contributed by atoms with Gasteiger partial charge in [0.25, 0.3) is 5.91 Å². The highest BCUT2D eigenvalue weighted by Crippen LogP contribution is 2.33. The van der Waals surface area contributed by atoms with E-state index in [1.165, 1.54) is 19.3 Å². The van der Waals surface area contributed by atoms with Gasteiger partial charge in [-0.3, -0.25) is 14.7 Å². The average molecular weight is 320 g/mol. The number of H-pyrrole nitrogens is 1. The summed E-state index contributed by atoms with van der Waals surface area (Å²) < 4.78 is 0. The average Bonchev–Trinajstić information content (AvgIpc) is 3.07. The Morgan fingerprint density at radius 1 is 1.35 bits per heavy atom. The van der Waals surface area contributed by atoms with E-state index in [2.05, 4.69) is 15.5 Å². The standard InChI is InChI=1S/C16H24N4O3/c21-9-6-13-15(22)17-7-8-20(13)16(23)12-10-18-19-14(12)11-4-2-1-3-5-11/h10-11,13,21H,1-9H2,(H,17,22)(H,18,19). The first-order valence-corrected chi connectivity index (χ1v) is 8.45. The second-order valence-corrected chi connectivity index (χ2v) is 6.35. The minimum Gasteiger partial charge on any atom is -0.396 e. The molecule has 2 heterocycles. The summed E-state index contributed by atoms with van der Waals surface area (Å²) in [5, 5.41) is 19.0. The third-order valence-electron chi connectivity index (χ3n) is 4.91. The zero-order chi connectivity index (χ0) is 16.2. The van der Waals surface area contributed by atoms with E-state index < -0.39 is 6.04 Å². The van der Waals surface area contributed by atoms with Crippen molar-refractivity contribution in [2.45, 2.75) is 50.5 Å². The molecule has 0 radical (unpaired) electrons. The summed E-state index contributed by atoms with van der Waals surface area (Å²) >= 11 is 0. The molecule has 1 unspecified atom stereocenters. The predicted molar refractivity (Wildman–Crippen MR) is 84.0 cm³/mol. The lowest BCUT2D eigenvalue weighted by molar-refractivity contribution is -0.128. The van der Waals surface area contributed by atoms with E-state index in [0.717, 1.165) is 18.5 Å². The van der Waals surface area contributed by atoms with Crippen molar-refractivity contribution in [3.63, 3.8) is 0 Å². The van der Waals surface area contributed by atoms with E-state index in [0.29, 0.717) is 24.6 Å². The van der Waals surface area contributed by atoms with Crippen molar-refractivity contribution in [1.29, 1.82) is 0 Å². The molecular weight excluding hydrogens is 296 g/mol. The van der Waals surface area contributed by atoms with Crippen molar-refractivity contribution in [3.05, 3.63) is 17.5 Å². The first kappa shape index (κ1) is 16.0. The fourth-order valence-corrected chi connectivity index (χ4v) is 3.69. The Kier molecular flexibility index (Phi) is 4.95. The summed E-state index contributed by atoms with van der Waals surface area (Å²) in [6.07, 6.45) is 7.58. The SMILES string of the molecule is O=C1NCCN(C(=O)c2cn[nH]c2C2CCCCC2)C1CCO. The minimum atomic E-state index is -0.602. The van der Waals surface area contributed by atoms with Crippen LogP contribution in [0.5, 0.6) is 0 Å². The minimum absolute atomic E-state index is 0.122. The maximum absolute atomic E-state index is 13.0. The van der Waals surface area contributed by atoms with Crippen molar-refractivity contribution < 1.29 is 14.7 Å². The van der Waals surface area contributed by atoms with Gasteiger partial charge in [-0.25, -0.2) is 0 Å². The maximum atomic E-state index is 13.0. The van der Waals surface area contributed by atoms with Crippen LogP contribution in [0.1, 0.15) is 60.5 Å². The molecule has 2 amide bonds. The van der Waals surface area contributed by atoms with Gasteiger partial charge in [0, 0.05) is 25.6 Å². The van der Waals surface area contributed by atoms with Gasteiger partial charge in [0.2, 0.25) is 5.91 Å². The molecule has 0 aromatic carbocycles. The molecule has 1 aliphatic heterocycles. The molecule has 1 aliphatic carbocycles. The number of carbonyl (C=O) groups excluding carboxylic acids is 2. The number of hydrogen-bond acceptors (Lipinski definition) is 4. The van der Waals surface area contributed by atoms with Crippen LogP contribution in [0.15, 0.2) is 6.20 Å². The Bertz CT molecular complexity index is 565. The van der Waals surface area contributed by atoms with Crippen LogP contribution in [-0.4, -0.2) is 57.8 Å². The number of nitrogens with one attached hydrogen (secondary N) is 2. The van der Waals surface area contributed by atoms with Crippen LogP contribution in [0, 0.1) is 0 Å². The fraction of sp³-hybridized carbons (Fsp3) is 0.688. The molecule has 2 aliphatic rings. The van der Waals surface area contributed by atoms with Gasteiger partial charge in [-0.2, -0.15) is 5.10 Å². The fourth-order valence-electron chi connectivity index (χ4n) is 3.69. The molecule has 7 heteroatoms. The van der Waals surface area contributed by atoms with Gasteiger partial charge < -0.3 is 15.3 Å². The van der Waals surface area contributed by atoms with Crippen LogP contribution in [0.3, 0.4) is 0 Å². The van der Waals surface area contributed by atoms with Gasteiger partial charge >= 0.3 is 0 Å². The molecule has 1 aromatic rings. The summed E-state index contributed by atoms with van der Waals surface area (Å²) in [6.45, 7) is 0.788. The molecule has 3 rings (SSSR count). The van der Waals surface area contributed by atoms with E-state index in [1.54, 1.807) is 11.1 Å². The number of aliphatic hydroxyl groups is 1. The van der Waals surface area contributed by atoms with Gasteiger partial charge in [0.1, 0.15) is 6.04 Å². The summed E-state index contributed by atoms with van der Waals surface area (Å²) in [6, 6.07) is -0.602. The highest BCUT2D eigenvalue weighted by Gasteiger charge is 2.35.